The first-order valence-electron chi connectivity index (χ1n) is 18.5. The molecule has 0 aliphatic carbocycles. The van der Waals surface area contributed by atoms with Crippen LogP contribution < -0.4 is 0 Å². The van der Waals surface area contributed by atoms with Gasteiger partial charge in [0.2, 0.25) is 0 Å². The first-order valence-corrected chi connectivity index (χ1v) is 18.5. The molecule has 2 aliphatic rings. The van der Waals surface area contributed by atoms with E-state index in [1.165, 1.54) is 0 Å². The van der Waals surface area contributed by atoms with Gasteiger partial charge in [0, 0.05) is 11.8 Å². The van der Waals surface area contributed by atoms with Gasteiger partial charge in [-0.15, -0.1) is 0 Å². The number of carbonyl (C=O) groups is 1. The summed E-state index contributed by atoms with van der Waals surface area (Å²) in [5.41, 5.74) is 4.27. The molecule has 0 aromatic heterocycles. The fourth-order valence-corrected chi connectivity index (χ4v) is 6.81. The molecule has 2 aliphatic heterocycles. The van der Waals surface area contributed by atoms with Crippen molar-refractivity contribution in [3.05, 3.63) is 144 Å². The van der Waals surface area contributed by atoms with E-state index in [1.54, 1.807) is 0 Å². The Morgan fingerprint density at radius 1 is 0.519 bits per heavy atom. The van der Waals surface area contributed by atoms with Crippen molar-refractivity contribution in [1.82, 2.24) is 0 Å². The molecule has 8 nitrogen and oxygen atoms in total. The van der Waals surface area contributed by atoms with Crippen molar-refractivity contribution in [2.75, 3.05) is 0 Å². The van der Waals surface area contributed by atoms with E-state index < -0.39 is 18.5 Å². The molecule has 0 spiro atoms. The first-order chi connectivity index (χ1) is 25.4. The predicted octanol–water partition coefficient (Wildman–Crippen LogP) is 8.05. The van der Waals surface area contributed by atoms with Crippen LogP contribution in [-0.4, -0.2) is 54.0 Å². The summed E-state index contributed by atoms with van der Waals surface area (Å²) in [6, 6.07) is 39.8. The van der Waals surface area contributed by atoms with Gasteiger partial charge in [-0.1, -0.05) is 149 Å². The van der Waals surface area contributed by atoms with Crippen molar-refractivity contribution in [3.8, 4) is 0 Å². The van der Waals surface area contributed by atoms with Crippen LogP contribution in [0.15, 0.2) is 121 Å². The quantitative estimate of drug-likeness (QED) is 0.132. The van der Waals surface area contributed by atoms with Crippen LogP contribution >= 0.6 is 0 Å². The minimum Gasteiger partial charge on any atom is -0.460 e. The van der Waals surface area contributed by atoms with E-state index in [0.29, 0.717) is 26.4 Å². The maximum atomic E-state index is 12.5. The van der Waals surface area contributed by atoms with Crippen molar-refractivity contribution < 1.29 is 38.3 Å². The van der Waals surface area contributed by atoms with Crippen LogP contribution in [0.5, 0.6) is 0 Å². The van der Waals surface area contributed by atoms with Crippen molar-refractivity contribution in [2.45, 2.75) is 110 Å². The zero-order chi connectivity index (χ0) is 36.7. The van der Waals surface area contributed by atoms with Gasteiger partial charge in [0.05, 0.1) is 38.6 Å². The Morgan fingerprint density at radius 3 is 1.31 bits per heavy atom. The summed E-state index contributed by atoms with van der Waals surface area (Å²) >= 11 is 0. The molecule has 6 rings (SSSR count). The number of aliphatic hydroxyl groups excluding tert-OH is 1. The van der Waals surface area contributed by atoms with Gasteiger partial charge in [-0.05, 0) is 35.1 Å². The van der Waals surface area contributed by atoms with Gasteiger partial charge < -0.3 is 33.5 Å². The summed E-state index contributed by atoms with van der Waals surface area (Å²) in [6.07, 6.45) is -1.35. The van der Waals surface area contributed by atoms with Crippen LogP contribution in [-0.2, 0) is 59.6 Å². The lowest BCUT2D eigenvalue weighted by Crippen LogP contribution is -2.55. The number of hydrogen-bond donors (Lipinski definition) is 1. The molecule has 52 heavy (non-hydrogen) atoms. The van der Waals surface area contributed by atoms with Crippen LogP contribution in [0, 0.1) is 11.8 Å². The monoisotopic (exact) mass is 710 g/mol. The normalized spacial score (nSPS) is 27.2. The maximum Gasteiger partial charge on any atom is 0.338 e. The second kappa shape index (κ2) is 20.4. The summed E-state index contributed by atoms with van der Waals surface area (Å²) in [6.45, 7) is 9.97. The Balaban J connectivity index is 0.000000201. The van der Waals surface area contributed by atoms with Crippen molar-refractivity contribution in [1.29, 1.82) is 0 Å². The zero-order valence-electron chi connectivity index (χ0n) is 30.8. The summed E-state index contributed by atoms with van der Waals surface area (Å²) in [4.78, 5) is 12.5. The number of ether oxygens (including phenoxy) is 6. The van der Waals surface area contributed by atoms with E-state index in [9.17, 15) is 9.90 Å². The second-order valence-electron chi connectivity index (χ2n) is 13.6. The fraction of sp³-hybridized carbons (Fsp3) is 0.432. The highest BCUT2D eigenvalue weighted by Gasteiger charge is 2.45. The lowest BCUT2D eigenvalue weighted by molar-refractivity contribution is -0.289. The van der Waals surface area contributed by atoms with Crippen LogP contribution in [0.1, 0.15) is 62.8 Å². The van der Waals surface area contributed by atoms with E-state index in [-0.39, 0.29) is 42.2 Å². The summed E-state index contributed by atoms with van der Waals surface area (Å²) in [5.74, 6) is -0.126. The van der Waals surface area contributed by atoms with E-state index >= 15 is 0 Å². The van der Waals surface area contributed by atoms with Crippen molar-refractivity contribution >= 4 is 5.97 Å². The minimum atomic E-state index is -0.986. The molecule has 8 heteroatoms. The molecule has 0 bridgehead atoms. The largest absolute Gasteiger partial charge is 0.460 e. The number of cyclic esters (lactones) is 1. The van der Waals surface area contributed by atoms with Crippen molar-refractivity contribution in [2.24, 2.45) is 11.8 Å². The smallest absolute Gasteiger partial charge is 0.338 e. The molecule has 1 unspecified atom stereocenters. The molecular weight excluding hydrogens is 656 g/mol. The van der Waals surface area contributed by atoms with Crippen LogP contribution in [0.4, 0.5) is 0 Å². The molecule has 9 atom stereocenters. The third kappa shape index (κ3) is 11.1. The molecule has 4 aromatic carbocycles. The molecule has 1 N–H and O–H groups in total. The standard InChI is InChI=1S/C22H28O4.C22H26O4/c2*1-3-19-16(2)20(24-14-17-10-6-4-7-11-17)21(22(23)26-19)25-15-18-12-8-5-9-13-18/h4-13,16,19-23H,3,14-15H2,1-2H3;4-13,16,19-21H,3,14-15H2,1-2H3/t16-,19-,20+,21-,22?;16-,19-,20+,21-/m11/s1. The van der Waals surface area contributed by atoms with Gasteiger partial charge in [0.1, 0.15) is 18.3 Å². The minimum absolute atomic E-state index is 0.0395. The van der Waals surface area contributed by atoms with E-state index in [1.807, 2.05) is 128 Å². The fourth-order valence-electron chi connectivity index (χ4n) is 6.81. The molecule has 0 amide bonds. The Bertz CT molecular complexity index is 1570. The van der Waals surface area contributed by atoms with Crippen LogP contribution in [0.2, 0.25) is 0 Å². The number of rotatable bonds is 14. The topological polar surface area (TPSA) is 92.7 Å². The molecule has 2 heterocycles. The third-order valence-corrected chi connectivity index (χ3v) is 9.86. The summed E-state index contributed by atoms with van der Waals surface area (Å²) in [7, 11) is 0. The van der Waals surface area contributed by atoms with Crippen molar-refractivity contribution in [3.63, 3.8) is 0 Å². The average molecular weight is 711 g/mol. The van der Waals surface area contributed by atoms with Gasteiger partial charge >= 0.3 is 5.97 Å². The Hall–Kier alpha value is -3.89. The zero-order valence-corrected chi connectivity index (χ0v) is 30.8. The predicted molar refractivity (Wildman–Crippen MR) is 200 cm³/mol. The number of carbonyl (C=O) groups excluding carboxylic acids is 1. The highest BCUT2D eigenvalue weighted by Crippen LogP contribution is 2.32. The average Bonchev–Trinajstić information content (AvgIpc) is 3.19. The molecule has 4 aromatic rings. The number of benzene rings is 4. The molecule has 0 radical (unpaired) electrons. The van der Waals surface area contributed by atoms with Gasteiger partial charge in [0.15, 0.2) is 12.4 Å². The second-order valence-corrected chi connectivity index (χ2v) is 13.6. The molecule has 278 valence electrons. The molecule has 2 fully saturated rings. The number of hydrogen-bond acceptors (Lipinski definition) is 8. The van der Waals surface area contributed by atoms with Crippen LogP contribution in [0.3, 0.4) is 0 Å². The highest BCUT2D eigenvalue weighted by atomic mass is 16.7. The SMILES string of the molecule is CC[C@H]1OC(=O)[C@H](OCc2ccccc2)[C@@H](OCc2ccccc2)[C@@H]1C.CC[C@H]1OC(O)[C@H](OCc2ccccc2)[C@@H](OCc2ccccc2)[C@@H]1C. The molecular formula is C44H54O8. The Labute approximate surface area is 309 Å². The lowest BCUT2D eigenvalue weighted by Gasteiger charge is -2.43. The van der Waals surface area contributed by atoms with Gasteiger partial charge in [0.25, 0.3) is 0 Å². The first kappa shape index (κ1) is 39.3. The molecule has 0 saturated carbocycles. The summed E-state index contributed by atoms with van der Waals surface area (Å²) < 4.78 is 35.7. The van der Waals surface area contributed by atoms with E-state index in [4.69, 9.17) is 28.4 Å². The third-order valence-electron chi connectivity index (χ3n) is 9.86. The van der Waals surface area contributed by atoms with Gasteiger partial charge in [-0.3, -0.25) is 0 Å². The maximum absolute atomic E-state index is 12.5. The van der Waals surface area contributed by atoms with Crippen LogP contribution in [0.25, 0.3) is 0 Å². The van der Waals surface area contributed by atoms with E-state index in [2.05, 4.69) is 20.8 Å². The number of aliphatic hydroxyl groups is 1. The molecule has 2 saturated heterocycles. The summed E-state index contributed by atoms with van der Waals surface area (Å²) in [5, 5.41) is 10.5. The van der Waals surface area contributed by atoms with Gasteiger partial charge in [-0.2, -0.15) is 0 Å². The van der Waals surface area contributed by atoms with E-state index in [0.717, 1.165) is 35.1 Å². The Morgan fingerprint density at radius 2 is 0.885 bits per heavy atom. The lowest BCUT2D eigenvalue weighted by atomic mass is 9.89. The number of esters is 1. The highest BCUT2D eigenvalue weighted by molar-refractivity contribution is 5.76. The van der Waals surface area contributed by atoms with Gasteiger partial charge in [-0.25, -0.2) is 4.79 Å². The Kier molecular flexibility index (Phi) is 15.4.